The molecule has 0 aliphatic heterocycles. The summed E-state index contributed by atoms with van der Waals surface area (Å²) in [6.45, 7) is 10.2. The number of ether oxygens (including phenoxy) is 1. The first-order valence-electron chi connectivity index (χ1n) is 11.4. The molecule has 0 unspecified atom stereocenters. The van der Waals surface area contributed by atoms with Gasteiger partial charge in [0.05, 0.1) is 12.4 Å². The van der Waals surface area contributed by atoms with Crippen molar-refractivity contribution in [2.24, 2.45) is 11.7 Å². The van der Waals surface area contributed by atoms with Gasteiger partial charge in [-0.3, -0.25) is 4.79 Å². The Balaban J connectivity index is 1.91. The van der Waals surface area contributed by atoms with Gasteiger partial charge in [0, 0.05) is 18.8 Å². The molecule has 2 aromatic heterocycles. The van der Waals surface area contributed by atoms with Crippen LogP contribution in [0.15, 0.2) is 36.7 Å². The second-order valence-corrected chi connectivity index (χ2v) is 8.83. The number of anilines is 3. The number of benzene rings is 1. The summed E-state index contributed by atoms with van der Waals surface area (Å²) in [5.74, 6) is 0.771. The van der Waals surface area contributed by atoms with Gasteiger partial charge in [-0.2, -0.15) is 9.97 Å². The fourth-order valence-electron chi connectivity index (χ4n) is 3.35. The minimum absolute atomic E-state index is 0.0173. The summed E-state index contributed by atoms with van der Waals surface area (Å²) in [5.41, 5.74) is 8.37. The highest BCUT2D eigenvalue weighted by Crippen LogP contribution is 2.30. The first-order chi connectivity index (χ1) is 15.7. The van der Waals surface area contributed by atoms with Gasteiger partial charge in [0.25, 0.3) is 0 Å². The van der Waals surface area contributed by atoms with E-state index in [1.165, 1.54) is 0 Å². The average molecular weight is 454 g/mol. The highest BCUT2D eigenvalue weighted by molar-refractivity contribution is 5.87. The molecular weight excluding hydrogens is 418 g/mol. The van der Waals surface area contributed by atoms with E-state index in [9.17, 15) is 4.79 Å². The van der Waals surface area contributed by atoms with E-state index in [0.29, 0.717) is 11.8 Å². The smallest absolute Gasteiger partial charge is 0.323 e. The Morgan fingerprint density at radius 2 is 1.88 bits per heavy atom. The van der Waals surface area contributed by atoms with Crippen LogP contribution in [0.5, 0.6) is 0 Å². The molecule has 0 fully saturated rings. The van der Waals surface area contributed by atoms with Crippen LogP contribution < -0.4 is 16.0 Å². The van der Waals surface area contributed by atoms with Crippen molar-refractivity contribution in [3.63, 3.8) is 0 Å². The van der Waals surface area contributed by atoms with Gasteiger partial charge < -0.3 is 25.3 Å². The van der Waals surface area contributed by atoms with Crippen LogP contribution in [0, 0.1) is 5.92 Å². The summed E-state index contributed by atoms with van der Waals surface area (Å²) in [7, 11) is 1.96. The first kappa shape index (κ1) is 24.4. The number of nitrogens with two attached hydrogens (primary N) is 1. The van der Waals surface area contributed by atoms with E-state index in [4.69, 9.17) is 20.4 Å². The molecule has 0 amide bonds. The number of imidazole rings is 1. The van der Waals surface area contributed by atoms with Crippen LogP contribution in [0.1, 0.15) is 47.1 Å². The van der Waals surface area contributed by atoms with Crippen molar-refractivity contribution >= 4 is 34.6 Å². The van der Waals surface area contributed by atoms with Crippen LogP contribution in [-0.2, 0) is 9.53 Å². The van der Waals surface area contributed by atoms with Crippen LogP contribution in [0.3, 0.4) is 0 Å². The minimum Gasteiger partial charge on any atom is -0.462 e. The summed E-state index contributed by atoms with van der Waals surface area (Å²) in [6.07, 6.45) is 2.52. The molecule has 1 aromatic carbocycles. The zero-order chi connectivity index (χ0) is 24.1. The summed E-state index contributed by atoms with van der Waals surface area (Å²) in [4.78, 5) is 28.3. The number of hydrogen-bond donors (Lipinski definition) is 2. The predicted octanol–water partition coefficient (Wildman–Crippen LogP) is 3.89. The molecule has 0 aliphatic carbocycles. The van der Waals surface area contributed by atoms with Gasteiger partial charge in [-0.1, -0.05) is 39.0 Å². The number of esters is 1. The van der Waals surface area contributed by atoms with Crippen LogP contribution in [0.25, 0.3) is 11.2 Å². The number of nitrogens with one attached hydrogen (secondary N) is 1. The summed E-state index contributed by atoms with van der Waals surface area (Å²) in [5, 5.41) is 3.34. The molecule has 9 heteroatoms. The SMILES string of the molecule is CC[C@H](COC(=O)[C@@H](N)C(C)C)Nc1nc(N(C)c2ccccc2)c2ncn(C(C)C)c2n1. The van der Waals surface area contributed by atoms with Crippen LogP contribution >= 0.6 is 0 Å². The molecule has 3 aromatic rings. The fraction of sp³-hybridized carbons (Fsp3) is 0.500. The normalized spacial score (nSPS) is 13.4. The summed E-state index contributed by atoms with van der Waals surface area (Å²) in [6, 6.07) is 9.38. The predicted molar refractivity (Wildman–Crippen MR) is 132 cm³/mol. The lowest BCUT2D eigenvalue weighted by atomic mass is 10.1. The average Bonchev–Trinajstić information content (AvgIpc) is 3.24. The number of hydrogen-bond acceptors (Lipinski definition) is 8. The second kappa shape index (κ2) is 10.6. The Morgan fingerprint density at radius 3 is 2.48 bits per heavy atom. The highest BCUT2D eigenvalue weighted by atomic mass is 16.5. The van der Waals surface area contributed by atoms with E-state index < -0.39 is 12.0 Å². The van der Waals surface area contributed by atoms with Crippen molar-refractivity contribution < 1.29 is 9.53 Å². The van der Waals surface area contributed by atoms with E-state index in [1.807, 2.05) is 67.6 Å². The van der Waals surface area contributed by atoms with Gasteiger partial charge in [0.2, 0.25) is 5.95 Å². The molecule has 0 saturated heterocycles. The van der Waals surface area contributed by atoms with Gasteiger partial charge in [-0.25, -0.2) is 4.98 Å². The number of carbonyl (C=O) groups excluding carboxylic acids is 1. The van der Waals surface area contributed by atoms with Crippen molar-refractivity contribution in [1.82, 2.24) is 19.5 Å². The molecule has 0 spiro atoms. The summed E-state index contributed by atoms with van der Waals surface area (Å²) >= 11 is 0. The quantitative estimate of drug-likeness (QED) is 0.445. The Kier molecular flexibility index (Phi) is 7.86. The molecule has 2 atom stereocenters. The molecule has 3 rings (SSSR count). The van der Waals surface area contributed by atoms with Crippen molar-refractivity contribution in [2.45, 2.75) is 59.2 Å². The lowest BCUT2D eigenvalue weighted by Gasteiger charge is -2.22. The third kappa shape index (κ3) is 5.60. The Labute approximate surface area is 195 Å². The van der Waals surface area contributed by atoms with Gasteiger partial charge in [-0.15, -0.1) is 0 Å². The first-order valence-corrected chi connectivity index (χ1v) is 11.4. The van der Waals surface area contributed by atoms with Gasteiger partial charge >= 0.3 is 5.97 Å². The van der Waals surface area contributed by atoms with Crippen LogP contribution in [0.4, 0.5) is 17.5 Å². The second-order valence-electron chi connectivity index (χ2n) is 8.83. The number of aromatic nitrogens is 4. The van der Waals surface area contributed by atoms with Gasteiger partial charge in [0.1, 0.15) is 12.6 Å². The number of carbonyl (C=O) groups is 1. The number of para-hydroxylation sites is 1. The van der Waals surface area contributed by atoms with E-state index >= 15 is 0 Å². The maximum Gasteiger partial charge on any atom is 0.323 e. The molecule has 0 bridgehead atoms. The maximum atomic E-state index is 12.2. The molecule has 3 N–H and O–H groups in total. The van der Waals surface area contributed by atoms with Crippen molar-refractivity contribution in [2.75, 3.05) is 23.9 Å². The molecular formula is C24H35N7O2. The maximum absolute atomic E-state index is 12.2. The van der Waals surface area contributed by atoms with E-state index in [1.54, 1.807) is 6.33 Å². The largest absolute Gasteiger partial charge is 0.462 e. The Bertz CT molecular complexity index is 1070. The third-order valence-electron chi connectivity index (χ3n) is 5.66. The zero-order valence-corrected chi connectivity index (χ0v) is 20.3. The van der Waals surface area contributed by atoms with Gasteiger partial charge in [0.15, 0.2) is 17.0 Å². The van der Waals surface area contributed by atoms with E-state index in [0.717, 1.165) is 23.3 Å². The monoisotopic (exact) mass is 453 g/mol. The standard InChI is InChI=1S/C24H35N7O2/c1-7-17(13-33-23(32)19(25)15(2)3)27-24-28-21(30(6)18-11-9-8-10-12-18)20-22(29-24)31(14-26-20)16(4)5/h8-12,14-17,19H,7,13,25H2,1-6H3,(H,27,28,29)/t17-,19+/m1/s1. The number of nitrogens with zero attached hydrogens (tertiary/aromatic N) is 5. The molecule has 0 radical (unpaired) electrons. The topological polar surface area (TPSA) is 111 Å². The van der Waals surface area contributed by atoms with E-state index in [2.05, 4.69) is 24.1 Å². The lowest BCUT2D eigenvalue weighted by Crippen LogP contribution is -2.39. The fourth-order valence-corrected chi connectivity index (χ4v) is 3.35. The van der Waals surface area contributed by atoms with Crippen LogP contribution in [-0.4, -0.2) is 51.2 Å². The molecule has 9 nitrogen and oxygen atoms in total. The molecule has 178 valence electrons. The zero-order valence-electron chi connectivity index (χ0n) is 20.3. The number of fused-ring (bicyclic) bond motifs is 1. The molecule has 2 heterocycles. The third-order valence-corrected chi connectivity index (χ3v) is 5.66. The lowest BCUT2D eigenvalue weighted by molar-refractivity contribution is -0.146. The molecule has 0 saturated carbocycles. The number of rotatable bonds is 10. The van der Waals surface area contributed by atoms with Crippen molar-refractivity contribution in [3.8, 4) is 0 Å². The Hall–Kier alpha value is -3.20. The summed E-state index contributed by atoms with van der Waals surface area (Å²) < 4.78 is 7.48. The van der Waals surface area contributed by atoms with Gasteiger partial charge in [-0.05, 0) is 38.3 Å². The minimum atomic E-state index is -0.637. The van der Waals surface area contributed by atoms with Crippen molar-refractivity contribution in [3.05, 3.63) is 36.7 Å². The highest BCUT2D eigenvalue weighted by Gasteiger charge is 2.22. The molecule has 0 aliphatic rings. The van der Waals surface area contributed by atoms with Crippen LogP contribution in [0.2, 0.25) is 0 Å². The van der Waals surface area contributed by atoms with Crippen molar-refractivity contribution in [1.29, 1.82) is 0 Å². The molecule has 33 heavy (non-hydrogen) atoms. The van der Waals surface area contributed by atoms with E-state index in [-0.39, 0.29) is 24.6 Å². The Morgan fingerprint density at radius 1 is 1.18 bits per heavy atom.